The van der Waals surface area contributed by atoms with Gasteiger partial charge in [-0.1, -0.05) is 60.7 Å². The highest BCUT2D eigenvalue weighted by atomic mass is 19.1. The largest absolute Gasteiger partial charge is 0.495 e. The summed E-state index contributed by atoms with van der Waals surface area (Å²) in [6.45, 7) is 4.76. The summed E-state index contributed by atoms with van der Waals surface area (Å²) in [5, 5.41) is 5.21. The molecule has 4 aromatic heterocycles. The number of nitrogens with zero attached hydrogens (tertiary/aromatic N) is 5. The summed E-state index contributed by atoms with van der Waals surface area (Å²) < 4.78 is 47.0. The maximum atomic E-state index is 15.5. The first-order valence-corrected chi connectivity index (χ1v) is 20.0. The lowest BCUT2D eigenvalue weighted by Gasteiger charge is -2.47. The molecule has 1 aliphatic rings. The molecule has 0 saturated carbocycles. The number of methoxy groups -OCH3 is 2. The van der Waals surface area contributed by atoms with Gasteiger partial charge in [-0.05, 0) is 84.6 Å². The van der Waals surface area contributed by atoms with Crippen molar-refractivity contribution in [2.75, 3.05) is 33.9 Å². The van der Waals surface area contributed by atoms with E-state index in [1.54, 1.807) is 52.6 Å². The number of hydrogen-bond donors (Lipinski definition) is 1. The molecule has 0 atom stereocenters. The first kappa shape index (κ1) is 38.7. The molecule has 0 spiro atoms. The van der Waals surface area contributed by atoms with Crippen molar-refractivity contribution in [3.63, 3.8) is 0 Å². The monoisotopic (exact) mass is 802 g/mol. The Bertz CT molecular complexity index is 2710. The normalized spacial score (nSPS) is 13.9. The standard InChI is InChI=1S/C49H44F2N6O3/c1-31-33(13-11-19-41(31)50)23-43-45(39-25-37(59-3)27-53-47(39)56(43)35-15-7-5-8-16-35)49(29-52-21-22-55(49)30-58)46-40-26-38(60-4)28-54-48(40)57(36-17-9-6-10-18-36)44(46)24-34-14-12-20-42(51)32(34)2/h5-20,25-28,30,52H,21-24,29H2,1-4H3. The van der Waals surface area contributed by atoms with E-state index in [1.807, 2.05) is 89.8 Å². The number of carbonyl (C=O) groups excluding carboxylic acids is 1. The van der Waals surface area contributed by atoms with Crippen LogP contribution in [0.2, 0.25) is 0 Å². The summed E-state index contributed by atoms with van der Waals surface area (Å²) in [6.07, 6.45) is 4.89. The SMILES string of the molecule is COc1cnc2c(c1)c(C1(c3c(Cc4cccc(F)c4C)n(-c4ccccc4)c4ncc(OC)cc34)CNCCN1C=O)c(Cc1cccc(F)c1C)n2-c1ccccc1. The van der Waals surface area contributed by atoms with Crippen molar-refractivity contribution in [3.8, 4) is 22.9 Å². The number of piperazine rings is 1. The van der Waals surface area contributed by atoms with Crippen molar-refractivity contribution in [2.45, 2.75) is 32.2 Å². The molecule has 11 heteroatoms. The number of carbonyl (C=O) groups is 1. The minimum absolute atomic E-state index is 0.284. The molecule has 4 aromatic carbocycles. The Morgan fingerprint density at radius 3 is 1.58 bits per heavy atom. The molecular formula is C49H44F2N6O3. The maximum Gasteiger partial charge on any atom is 0.210 e. The minimum atomic E-state index is -1.27. The molecule has 9 nitrogen and oxygen atoms in total. The predicted octanol–water partition coefficient (Wildman–Crippen LogP) is 8.76. The van der Waals surface area contributed by atoms with Crippen LogP contribution in [0.25, 0.3) is 33.4 Å². The number of para-hydroxylation sites is 2. The molecule has 1 fully saturated rings. The number of nitrogens with one attached hydrogen (secondary N) is 1. The summed E-state index contributed by atoms with van der Waals surface area (Å²) in [6, 6.07) is 34.2. The molecule has 0 radical (unpaired) electrons. The minimum Gasteiger partial charge on any atom is -0.495 e. The highest BCUT2D eigenvalue weighted by Crippen LogP contribution is 2.50. The quantitative estimate of drug-likeness (QED) is 0.132. The first-order chi connectivity index (χ1) is 29.3. The molecule has 1 aliphatic heterocycles. The summed E-state index contributed by atoms with van der Waals surface area (Å²) in [5.41, 5.74) is 7.53. The molecule has 302 valence electrons. The second-order valence-corrected chi connectivity index (χ2v) is 15.2. The smallest absolute Gasteiger partial charge is 0.210 e. The van der Waals surface area contributed by atoms with Gasteiger partial charge in [0.05, 0.1) is 26.6 Å². The molecule has 0 bridgehead atoms. The topological polar surface area (TPSA) is 86.4 Å². The van der Waals surface area contributed by atoms with Gasteiger partial charge in [0.2, 0.25) is 6.41 Å². The zero-order valence-corrected chi connectivity index (χ0v) is 33.9. The number of pyridine rings is 2. The second kappa shape index (κ2) is 15.7. The van der Waals surface area contributed by atoms with Gasteiger partial charge in [0, 0.05) is 77.1 Å². The summed E-state index contributed by atoms with van der Waals surface area (Å²) in [7, 11) is 3.21. The zero-order chi connectivity index (χ0) is 41.5. The summed E-state index contributed by atoms with van der Waals surface area (Å²) in [4.78, 5) is 26.1. The second-order valence-electron chi connectivity index (χ2n) is 15.2. The van der Waals surface area contributed by atoms with Gasteiger partial charge in [-0.15, -0.1) is 0 Å². The molecule has 1 saturated heterocycles. The number of ether oxygens (including phenoxy) is 2. The van der Waals surface area contributed by atoms with Crippen LogP contribution < -0.4 is 14.8 Å². The van der Waals surface area contributed by atoms with Crippen LogP contribution >= 0.6 is 0 Å². The third kappa shape index (κ3) is 6.28. The lowest BCUT2D eigenvalue weighted by Crippen LogP contribution is -2.59. The number of benzene rings is 4. The zero-order valence-electron chi connectivity index (χ0n) is 33.9. The lowest BCUT2D eigenvalue weighted by molar-refractivity contribution is -0.124. The van der Waals surface area contributed by atoms with E-state index in [-0.39, 0.29) is 31.0 Å². The van der Waals surface area contributed by atoms with Gasteiger partial charge in [0.25, 0.3) is 0 Å². The van der Waals surface area contributed by atoms with Crippen molar-refractivity contribution in [3.05, 3.63) is 178 Å². The Morgan fingerprint density at radius 1 is 0.683 bits per heavy atom. The molecule has 5 heterocycles. The molecule has 60 heavy (non-hydrogen) atoms. The Hall–Kier alpha value is -6.85. The van der Waals surface area contributed by atoms with Crippen molar-refractivity contribution in [1.29, 1.82) is 0 Å². The van der Waals surface area contributed by atoms with E-state index in [0.29, 0.717) is 47.0 Å². The van der Waals surface area contributed by atoms with E-state index in [9.17, 15) is 4.79 Å². The molecule has 0 unspecified atom stereocenters. The van der Waals surface area contributed by atoms with Gasteiger partial charge in [-0.2, -0.15) is 0 Å². The van der Waals surface area contributed by atoms with E-state index in [2.05, 4.69) is 14.5 Å². The number of hydrogen-bond acceptors (Lipinski definition) is 6. The molecule has 1 amide bonds. The fourth-order valence-electron chi connectivity index (χ4n) is 9.12. The summed E-state index contributed by atoms with van der Waals surface area (Å²) in [5.74, 6) is 0.447. The number of halogens is 2. The van der Waals surface area contributed by atoms with E-state index >= 15 is 8.78 Å². The fourth-order valence-corrected chi connectivity index (χ4v) is 9.12. The molecule has 8 aromatic rings. The van der Waals surface area contributed by atoms with Crippen molar-refractivity contribution in [1.82, 2.24) is 29.3 Å². The van der Waals surface area contributed by atoms with Gasteiger partial charge < -0.3 is 19.7 Å². The van der Waals surface area contributed by atoms with Gasteiger partial charge in [-0.3, -0.25) is 13.9 Å². The Labute approximate surface area is 346 Å². The third-order valence-electron chi connectivity index (χ3n) is 12.1. The van der Waals surface area contributed by atoms with Crippen molar-refractivity contribution < 1.29 is 23.0 Å². The van der Waals surface area contributed by atoms with Crippen LogP contribution in [0.1, 0.15) is 44.8 Å². The van der Waals surface area contributed by atoms with E-state index in [1.165, 1.54) is 12.1 Å². The van der Waals surface area contributed by atoms with Gasteiger partial charge >= 0.3 is 0 Å². The number of aromatic nitrogens is 4. The van der Waals surface area contributed by atoms with Gasteiger partial charge in [0.15, 0.2) is 0 Å². The summed E-state index contributed by atoms with van der Waals surface area (Å²) >= 11 is 0. The molecule has 0 aliphatic carbocycles. The molecule has 9 rings (SSSR count). The van der Waals surface area contributed by atoms with Crippen LogP contribution in [0, 0.1) is 25.5 Å². The van der Waals surface area contributed by atoms with Crippen LogP contribution in [0.4, 0.5) is 8.78 Å². The van der Waals surface area contributed by atoms with E-state index in [0.717, 1.165) is 62.2 Å². The Kier molecular flexibility index (Phi) is 10.1. The number of rotatable bonds is 11. The highest BCUT2D eigenvalue weighted by molar-refractivity contribution is 5.93. The van der Waals surface area contributed by atoms with Crippen LogP contribution in [0.5, 0.6) is 11.5 Å². The maximum absolute atomic E-state index is 15.5. The van der Waals surface area contributed by atoms with Crippen LogP contribution in [-0.4, -0.2) is 64.3 Å². The third-order valence-corrected chi connectivity index (χ3v) is 12.1. The van der Waals surface area contributed by atoms with E-state index < -0.39 is 5.54 Å². The number of amides is 1. The van der Waals surface area contributed by atoms with Crippen molar-refractivity contribution >= 4 is 28.5 Å². The van der Waals surface area contributed by atoms with Gasteiger partial charge in [0.1, 0.15) is 40.0 Å². The van der Waals surface area contributed by atoms with Gasteiger partial charge in [-0.25, -0.2) is 18.7 Å². The average Bonchev–Trinajstić information content (AvgIpc) is 3.78. The Morgan fingerprint density at radius 2 is 1.15 bits per heavy atom. The first-order valence-electron chi connectivity index (χ1n) is 20.0. The number of fused-ring (bicyclic) bond motifs is 2. The van der Waals surface area contributed by atoms with E-state index in [4.69, 9.17) is 19.4 Å². The Balaban J connectivity index is 1.51. The molecule has 1 N–H and O–H groups in total. The lowest BCUT2D eigenvalue weighted by atomic mass is 9.75. The fraction of sp³-hybridized carbons (Fsp3) is 0.204. The van der Waals surface area contributed by atoms with Crippen molar-refractivity contribution in [2.24, 2.45) is 0 Å². The molecular weight excluding hydrogens is 759 g/mol. The van der Waals surface area contributed by atoms with Crippen LogP contribution in [0.15, 0.2) is 122 Å². The van der Waals surface area contributed by atoms with Crippen LogP contribution in [-0.2, 0) is 23.2 Å². The highest BCUT2D eigenvalue weighted by Gasteiger charge is 2.50. The predicted molar refractivity (Wildman–Crippen MR) is 230 cm³/mol. The average molecular weight is 803 g/mol. The van der Waals surface area contributed by atoms with Crippen LogP contribution in [0.3, 0.4) is 0 Å².